The third-order valence-corrected chi connectivity index (χ3v) is 5.90. The smallest absolute Gasteiger partial charge is 0.180 e. The standard InChI is InChI=1S/C27H19BrClNO2/c1-31-26-15-18(13-22(16-30)19-9-11-23(28)12-10-19)14-25(29)27(26)32-17-21-7-4-6-20-5-2-3-8-24(20)21/h2-15H,17H2,1H3/b22-13+. The van der Waals surface area contributed by atoms with E-state index in [1.165, 1.54) is 0 Å². The van der Waals surface area contributed by atoms with Crippen molar-refractivity contribution in [2.24, 2.45) is 0 Å². The molecule has 5 heteroatoms. The summed E-state index contributed by atoms with van der Waals surface area (Å²) in [6, 6.07) is 27.7. The van der Waals surface area contributed by atoms with Crippen LogP contribution in [0, 0.1) is 11.3 Å². The molecule has 4 aromatic carbocycles. The lowest BCUT2D eigenvalue weighted by Crippen LogP contribution is -1.99. The lowest BCUT2D eigenvalue weighted by Gasteiger charge is -2.14. The second-order valence-corrected chi connectivity index (χ2v) is 8.46. The maximum atomic E-state index is 9.64. The Kier molecular flexibility index (Phi) is 6.80. The normalized spacial score (nSPS) is 11.2. The second kappa shape index (κ2) is 9.91. The minimum absolute atomic E-state index is 0.356. The number of rotatable bonds is 6. The molecule has 0 aliphatic heterocycles. The van der Waals surface area contributed by atoms with E-state index in [1.807, 2.05) is 54.6 Å². The fraction of sp³-hybridized carbons (Fsp3) is 0.0741. The molecule has 0 radical (unpaired) electrons. The fourth-order valence-electron chi connectivity index (χ4n) is 3.51. The molecular weight excluding hydrogens is 486 g/mol. The summed E-state index contributed by atoms with van der Waals surface area (Å²) in [5.41, 5.74) is 3.16. The van der Waals surface area contributed by atoms with Crippen LogP contribution in [0.15, 0.2) is 83.3 Å². The predicted molar refractivity (Wildman–Crippen MR) is 134 cm³/mol. The number of nitriles is 1. The van der Waals surface area contributed by atoms with Gasteiger partial charge in [-0.15, -0.1) is 0 Å². The van der Waals surface area contributed by atoms with Gasteiger partial charge < -0.3 is 9.47 Å². The van der Waals surface area contributed by atoms with Crippen molar-refractivity contribution in [1.82, 2.24) is 0 Å². The quantitative estimate of drug-likeness (QED) is 0.198. The molecule has 4 rings (SSSR count). The van der Waals surface area contributed by atoms with Crippen molar-refractivity contribution in [3.63, 3.8) is 0 Å². The molecule has 0 N–H and O–H groups in total. The van der Waals surface area contributed by atoms with E-state index in [0.29, 0.717) is 28.7 Å². The first-order valence-electron chi connectivity index (χ1n) is 9.94. The van der Waals surface area contributed by atoms with Gasteiger partial charge in [0.2, 0.25) is 0 Å². The summed E-state index contributed by atoms with van der Waals surface area (Å²) in [5, 5.41) is 12.4. The van der Waals surface area contributed by atoms with Gasteiger partial charge in [-0.3, -0.25) is 0 Å². The van der Waals surface area contributed by atoms with Crippen molar-refractivity contribution < 1.29 is 9.47 Å². The summed E-state index contributed by atoms with van der Waals surface area (Å²) < 4.78 is 12.6. The Hall–Kier alpha value is -3.26. The first kappa shape index (κ1) is 22.0. The highest BCUT2D eigenvalue weighted by molar-refractivity contribution is 9.10. The number of fused-ring (bicyclic) bond motifs is 1. The number of hydrogen-bond acceptors (Lipinski definition) is 3. The Bertz CT molecular complexity index is 1340. The van der Waals surface area contributed by atoms with Gasteiger partial charge in [-0.2, -0.15) is 5.26 Å². The number of allylic oxidation sites excluding steroid dienone is 1. The maximum absolute atomic E-state index is 9.64. The van der Waals surface area contributed by atoms with E-state index in [1.54, 1.807) is 19.3 Å². The van der Waals surface area contributed by atoms with Gasteiger partial charge in [0.25, 0.3) is 0 Å². The van der Waals surface area contributed by atoms with Crippen LogP contribution in [0.2, 0.25) is 5.02 Å². The summed E-state index contributed by atoms with van der Waals surface area (Å²) in [6.45, 7) is 0.356. The largest absolute Gasteiger partial charge is 0.493 e. The molecule has 0 bridgehead atoms. The SMILES string of the molecule is COc1cc(/C=C(\C#N)c2ccc(Br)cc2)cc(Cl)c1OCc1cccc2ccccc12. The Morgan fingerprint density at radius 3 is 2.53 bits per heavy atom. The predicted octanol–water partition coefficient (Wildman–Crippen LogP) is 7.91. The van der Waals surface area contributed by atoms with Crippen LogP contribution in [0.5, 0.6) is 11.5 Å². The molecule has 0 unspecified atom stereocenters. The zero-order valence-corrected chi connectivity index (χ0v) is 19.7. The fourth-order valence-corrected chi connectivity index (χ4v) is 4.05. The van der Waals surface area contributed by atoms with Crippen LogP contribution >= 0.6 is 27.5 Å². The Labute approximate surface area is 200 Å². The molecule has 158 valence electrons. The summed E-state index contributed by atoms with van der Waals surface area (Å²) in [4.78, 5) is 0. The van der Waals surface area contributed by atoms with Crippen LogP contribution < -0.4 is 9.47 Å². The summed E-state index contributed by atoms with van der Waals surface area (Å²) in [6.07, 6.45) is 1.78. The summed E-state index contributed by atoms with van der Waals surface area (Å²) in [5.74, 6) is 0.985. The molecule has 0 aliphatic rings. The first-order chi connectivity index (χ1) is 15.6. The van der Waals surface area contributed by atoms with E-state index in [9.17, 15) is 5.26 Å². The van der Waals surface area contributed by atoms with Crippen molar-refractivity contribution >= 4 is 50.0 Å². The number of benzene rings is 4. The molecule has 0 fully saturated rings. The van der Waals surface area contributed by atoms with E-state index < -0.39 is 0 Å². The van der Waals surface area contributed by atoms with Crippen molar-refractivity contribution in [3.8, 4) is 17.6 Å². The van der Waals surface area contributed by atoms with E-state index in [4.69, 9.17) is 21.1 Å². The van der Waals surface area contributed by atoms with Gasteiger partial charge in [-0.25, -0.2) is 0 Å². The molecule has 0 aliphatic carbocycles. The van der Waals surface area contributed by atoms with Crippen molar-refractivity contribution in [2.75, 3.05) is 7.11 Å². The molecular formula is C27H19BrClNO2. The molecule has 32 heavy (non-hydrogen) atoms. The zero-order valence-electron chi connectivity index (χ0n) is 17.3. The van der Waals surface area contributed by atoms with Gasteiger partial charge in [0.05, 0.1) is 23.8 Å². The highest BCUT2D eigenvalue weighted by Gasteiger charge is 2.13. The van der Waals surface area contributed by atoms with Crippen LogP contribution in [0.25, 0.3) is 22.4 Å². The molecule has 0 atom stereocenters. The molecule has 0 saturated heterocycles. The Balaban J connectivity index is 1.63. The van der Waals surface area contributed by atoms with E-state index >= 15 is 0 Å². The highest BCUT2D eigenvalue weighted by atomic mass is 79.9. The lowest BCUT2D eigenvalue weighted by atomic mass is 10.0. The van der Waals surface area contributed by atoms with Gasteiger partial charge in [-0.1, -0.05) is 82.1 Å². The third kappa shape index (κ3) is 4.80. The molecule has 0 aromatic heterocycles. The van der Waals surface area contributed by atoms with Gasteiger partial charge in [0.1, 0.15) is 6.61 Å². The number of hydrogen-bond donors (Lipinski definition) is 0. The molecule has 0 heterocycles. The number of nitrogens with zero attached hydrogens (tertiary/aromatic N) is 1. The first-order valence-corrected chi connectivity index (χ1v) is 11.1. The Morgan fingerprint density at radius 1 is 1.03 bits per heavy atom. The molecule has 3 nitrogen and oxygen atoms in total. The Morgan fingerprint density at radius 2 is 1.78 bits per heavy atom. The third-order valence-electron chi connectivity index (χ3n) is 5.09. The van der Waals surface area contributed by atoms with Crippen molar-refractivity contribution in [1.29, 1.82) is 5.26 Å². The molecule has 0 amide bonds. The minimum atomic E-state index is 0.356. The van der Waals surface area contributed by atoms with Crippen LogP contribution in [0.4, 0.5) is 0 Å². The van der Waals surface area contributed by atoms with Crippen LogP contribution in [-0.2, 0) is 6.61 Å². The van der Waals surface area contributed by atoms with E-state index in [0.717, 1.165) is 31.9 Å². The number of methoxy groups -OCH3 is 1. The number of ether oxygens (including phenoxy) is 2. The summed E-state index contributed by atoms with van der Waals surface area (Å²) >= 11 is 9.98. The van der Waals surface area contributed by atoms with Gasteiger partial charge in [0, 0.05) is 4.47 Å². The zero-order chi connectivity index (χ0) is 22.5. The van der Waals surface area contributed by atoms with Crippen LogP contribution in [0.3, 0.4) is 0 Å². The van der Waals surface area contributed by atoms with E-state index in [-0.39, 0.29) is 0 Å². The molecule has 0 spiro atoms. The van der Waals surface area contributed by atoms with E-state index in [2.05, 4.69) is 40.2 Å². The van der Waals surface area contributed by atoms with Crippen LogP contribution in [0.1, 0.15) is 16.7 Å². The molecule has 4 aromatic rings. The topological polar surface area (TPSA) is 42.2 Å². The maximum Gasteiger partial charge on any atom is 0.180 e. The van der Waals surface area contributed by atoms with Gasteiger partial charge >= 0.3 is 0 Å². The molecule has 0 saturated carbocycles. The second-order valence-electron chi connectivity index (χ2n) is 7.14. The van der Waals surface area contributed by atoms with Gasteiger partial charge in [0.15, 0.2) is 11.5 Å². The monoisotopic (exact) mass is 503 g/mol. The minimum Gasteiger partial charge on any atom is -0.493 e. The highest BCUT2D eigenvalue weighted by Crippen LogP contribution is 2.38. The number of halogens is 2. The summed E-state index contributed by atoms with van der Waals surface area (Å²) in [7, 11) is 1.57. The average molecular weight is 505 g/mol. The average Bonchev–Trinajstić information content (AvgIpc) is 2.82. The van der Waals surface area contributed by atoms with Gasteiger partial charge in [-0.05, 0) is 57.8 Å². The lowest BCUT2D eigenvalue weighted by molar-refractivity contribution is 0.286. The van der Waals surface area contributed by atoms with Crippen molar-refractivity contribution in [2.45, 2.75) is 6.61 Å². The van der Waals surface area contributed by atoms with Crippen LogP contribution in [-0.4, -0.2) is 7.11 Å². The van der Waals surface area contributed by atoms with Crippen molar-refractivity contribution in [3.05, 3.63) is 105 Å².